The molecule has 0 fully saturated rings. The predicted octanol–water partition coefficient (Wildman–Crippen LogP) is 3.53. The Balaban J connectivity index is 1.71. The van der Waals surface area contributed by atoms with Gasteiger partial charge in [-0.1, -0.05) is 5.57 Å². The van der Waals surface area contributed by atoms with Gasteiger partial charge in [-0.3, -0.25) is 10.3 Å². The Morgan fingerprint density at radius 1 is 1.35 bits per heavy atom. The van der Waals surface area contributed by atoms with Crippen LogP contribution >= 0.6 is 11.3 Å². The number of aromatic nitrogens is 1. The molecular formula is C15H17F3N4S. The Morgan fingerprint density at radius 3 is 2.87 bits per heavy atom. The first kappa shape index (κ1) is 16.2. The van der Waals surface area contributed by atoms with Crippen LogP contribution < -0.4 is 10.6 Å². The summed E-state index contributed by atoms with van der Waals surface area (Å²) < 4.78 is 38.5. The van der Waals surface area contributed by atoms with Crippen LogP contribution in [0.5, 0.6) is 0 Å². The maximum absolute atomic E-state index is 12.8. The van der Waals surface area contributed by atoms with Gasteiger partial charge in [0.1, 0.15) is 5.82 Å². The maximum atomic E-state index is 12.8. The molecular weight excluding hydrogens is 325 g/mol. The van der Waals surface area contributed by atoms with Crippen molar-refractivity contribution in [1.29, 1.82) is 0 Å². The van der Waals surface area contributed by atoms with Gasteiger partial charge in [0.2, 0.25) is 0 Å². The van der Waals surface area contributed by atoms with E-state index >= 15 is 0 Å². The zero-order valence-electron chi connectivity index (χ0n) is 12.5. The van der Waals surface area contributed by atoms with Crippen molar-refractivity contribution in [3.63, 3.8) is 0 Å². The molecule has 3 heterocycles. The van der Waals surface area contributed by atoms with Crippen molar-refractivity contribution in [3.05, 3.63) is 40.1 Å². The lowest BCUT2D eigenvalue weighted by atomic mass is 10.0. The second-order valence-corrected chi connectivity index (χ2v) is 6.63. The van der Waals surface area contributed by atoms with Crippen molar-refractivity contribution in [2.75, 3.05) is 0 Å². The van der Waals surface area contributed by atoms with Crippen LogP contribution in [0.1, 0.15) is 30.7 Å². The third kappa shape index (κ3) is 4.00. The van der Waals surface area contributed by atoms with Gasteiger partial charge in [0.25, 0.3) is 0 Å². The highest BCUT2D eigenvalue weighted by molar-refractivity contribution is 7.09. The summed E-state index contributed by atoms with van der Waals surface area (Å²) in [7, 11) is 0. The number of alkyl halides is 3. The van der Waals surface area contributed by atoms with Gasteiger partial charge in [0, 0.05) is 23.3 Å². The van der Waals surface area contributed by atoms with Gasteiger partial charge >= 0.3 is 6.18 Å². The number of halogens is 3. The fraction of sp³-hybridized carbons (Fsp3) is 0.467. The average molecular weight is 342 g/mol. The van der Waals surface area contributed by atoms with E-state index in [2.05, 4.69) is 20.6 Å². The van der Waals surface area contributed by atoms with E-state index in [1.54, 1.807) is 16.8 Å². The van der Waals surface area contributed by atoms with E-state index in [9.17, 15) is 13.2 Å². The van der Waals surface area contributed by atoms with Crippen LogP contribution in [0.3, 0.4) is 0 Å². The Hall–Kier alpha value is -1.67. The lowest BCUT2D eigenvalue weighted by molar-refractivity contribution is -0.159. The minimum atomic E-state index is -4.24. The van der Waals surface area contributed by atoms with Gasteiger partial charge in [-0.2, -0.15) is 13.2 Å². The summed E-state index contributed by atoms with van der Waals surface area (Å²) in [5, 5.41) is 6.42. The minimum Gasteiger partial charge on any atom is -0.352 e. The molecule has 1 aromatic rings. The van der Waals surface area contributed by atoms with Crippen LogP contribution in [-0.4, -0.2) is 23.5 Å². The van der Waals surface area contributed by atoms with Gasteiger partial charge in [-0.15, -0.1) is 11.3 Å². The lowest BCUT2D eigenvalue weighted by Crippen LogP contribution is -2.45. The molecule has 3 atom stereocenters. The molecule has 2 aliphatic heterocycles. The molecule has 2 aliphatic rings. The van der Waals surface area contributed by atoms with Crippen LogP contribution in [0.4, 0.5) is 13.2 Å². The van der Waals surface area contributed by atoms with Crippen LogP contribution in [0.25, 0.3) is 0 Å². The standard InChI is InChI=1S/C15H17F3N4S/c1-9-4-11(12-7-19-8-23-12)21-14(5-9)22-13-6-10(2-3-20-13)15(16,17)18/h3,5-8,10-11,14,21-22H,2,4H2,1H3. The molecule has 0 bridgehead atoms. The third-order valence-corrected chi connectivity index (χ3v) is 4.71. The number of nitrogens with zero attached hydrogens (tertiary/aromatic N) is 2. The molecule has 0 saturated carbocycles. The molecule has 124 valence electrons. The smallest absolute Gasteiger partial charge is 0.352 e. The molecule has 3 unspecified atom stereocenters. The Labute approximate surface area is 136 Å². The minimum absolute atomic E-state index is 0.106. The quantitative estimate of drug-likeness (QED) is 0.826. The first-order chi connectivity index (χ1) is 10.9. The maximum Gasteiger partial charge on any atom is 0.395 e. The number of rotatable bonds is 3. The molecule has 0 radical (unpaired) electrons. The molecule has 2 N–H and O–H groups in total. The number of aliphatic imine (C=N–C) groups is 1. The number of hydrogen-bond donors (Lipinski definition) is 2. The first-order valence-electron chi connectivity index (χ1n) is 7.31. The lowest BCUT2D eigenvalue weighted by Gasteiger charge is -2.30. The van der Waals surface area contributed by atoms with Crippen molar-refractivity contribution in [2.45, 2.75) is 38.1 Å². The summed E-state index contributed by atoms with van der Waals surface area (Å²) in [4.78, 5) is 9.23. The molecule has 23 heavy (non-hydrogen) atoms. The second-order valence-electron chi connectivity index (χ2n) is 5.71. The van der Waals surface area contributed by atoms with Gasteiger partial charge in [0.15, 0.2) is 0 Å². The SMILES string of the molecule is CC1=CC(NC2=CC(C(F)(F)F)CC=N2)NC(c2cncs2)C1. The fourth-order valence-electron chi connectivity index (χ4n) is 2.70. The summed E-state index contributed by atoms with van der Waals surface area (Å²) in [6.45, 7) is 2.01. The molecule has 0 aliphatic carbocycles. The number of hydrogen-bond acceptors (Lipinski definition) is 5. The van der Waals surface area contributed by atoms with E-state index in [1.807, 2.05) is 19.2 Å². The van der Waals surface area contributed by atoms with Gasteiger partial charge in [-0.25, -0.2) is 4.99 Å². The molecule has 1 aromatic heterocycles. The van der Waals surface area contributed by atoms with Crippen molar-refractivity contribution < 1.29 is 13.2 Å². The van der Waals surface area contributed by atoms with E-state index < -0.39 is 12.1 Å². The highest BCUT2D eigenvalue weighted by atomic mass is 32.1. The highest BCUT2D eigenvalue weighted by Gasteiger charge is 2.38. The van der Waals surface area contributed by atoms with E-state index in [0.717, 1.165) is 17.4 Å². The van der Waals surface area contributed by atoms with Gasteiger partial charge in [0.05, 0.1) is 17.6 Å². The summed E-state index contributed by atoms with van der Waals surface area (Å²) in [5.74, 6) is -1.22. The summed E-state index contributed by atoms with van der Waals surface area (Å²) in [6, 6.07) is 0.108. The number of nitrogens with one attached hydrogen (secondary N) is 2. The second kappa shape index (κ2) is 6.45. The van der Waals surface area contributed by atoms with E-state index in [-0.39, 0.29) is 24.4 Å². The van der Waals surface area contributed by atoms with Gasteiger partial charge < -0.3 is 5.32 Å². The van der Waals surface area contributed by atoms with Crippen molar-refractivity contribution in [1.82, 2.24) is 15.6 Å². The predicted molar refractivity (Wildman–Crippen MR) is 84.0 cm³/mol. The summed E-state index contributed by atoms with van der Waals surface area (Å²) in [6.07, 6.45) is 2.52. The monoisotopic (exact) mass is 342 g/mol. The topological polar surface area (TPSA) is 49.3 Å². The van der Waals surface area contributed by atoms with Crippen LogP contribution in [0.2, 0.25) is 0 Å². The van der Waals surface area contributed by atoms with Crippen molar-refractivity contribution >= 4 is 17.6 Å². The highest BCUT2D eigenvalue weighted by Crippen LogP contribution is 2.32. The van der Waals surface area contributed by atoms with Crippen LogP contribution in [0.15, 0.2) is 40.2 Å². The van der Waals surface area contributed by atoms with Crippen molar-refractivity contribution in [2.24, 2.45) is 10.9 Å². The molecule has 0 saturated heterocycles. The van der Waals surface area contributed by atoms with Crippen LogP contribution in [0, 0.1) is 5.92 Å². The van der Waals surface area contributed by atoms with Gasteiger partial charge in [-0.05, 0) is 31.9 Å². The Morgan fingerprint density at radius 2 is 2.17 bits per heavy atom. The van der Waals surface area contributed by atoms with Crippen LogP contribution in [-0.2, 0) is 0 Å². The average Bonchev–Trinajstić information content (AvgIpc) is 3.00. The number of allylic oxidation sites excluding steroid dienone is 1. The molecule has 4 nitrogen and oxygen atoms in total. The largest absolute Gasteiger partial charge is 0.395 e. The zero-order chi connectivity index (χ0) is 16.4. The van der Waals surface area contributed by atoms with E-state index in [4.69, 9.17) is 0 Å². The molecule has 8 heteroatoms. The fourth-order valence-corrected chi connectivity index (χ4v) is 3.38. The first-order valence-corrected chi connectivity index (χ1v) is 8.19. The third-order valence-electron chi connectivity index (χ3n) is 3.83. The van der Waals surface area contributed by atoms with E-state index in [1.165, 1.54) is 11.8 Å². The molecule has 0 spiro atoms. The Kier molecular flexibility index (Phi) is 4.54. The van der Waals surface area contributed by atoms with E-state index in [0.29, 0.717) is 0 Å². The molecule has 0 aromatic carbocycles. The summed E-state index contributed by atoms with van der Waals surface area (Å²) in [5.41, 5.74) is 2.95. The molecule has 3 rings (SSSR count). The zero-order valence-corrected chi connectivity index (χ0v) is 13.3. The molecule has 0 amide bonds. The Bertz CT molecular complexity index is 634. The number of thiazole rings is 1. The summed E-state index contributed by atoms with van der Waals surface area (Å²) >= 11 is 1.56. The normalized spacial score (nSPS) is 28.3. The van der Waals surface area contributed by atoms with Crippen molar-refractivity contribution in [3.8, 4) is 0 Å².